The Bertz CT molecular complexity index is 1260. The van der Waals surface area contributed by atoms with Crippen LogP contribution in [0, 0.1) is 17.5 Å². The Hall–Kier alpha value is -3.40. The summed E-state index contributed by atoms with van der Waals surface area (Å²) >= 11 is 1.58. The molecule has 0 saturated heterocycles. The monoisotopic (exact) mass is 516 g/mol. The Labute approximate surface area is 211 Å². The van der Waals surface area contributed by atoms with Crippen LogP contribution in [0.15, 0.2) is 53.7 Å². The van der Waals surface area contributed by atoms with Crippen molar-refractivity contribution >= 4 is 23.2 Å². The number of allylic oxidation sites excluding steroid dienone is 1. The minimum atomic E-state index is -1.25. The van der Waals surface area contributed by atoms with Crippen molar-refractivity contribution in [3.05, 3.63) is 76.7 Å². The summed E-state index contributed by atoms with van der Waals surface area (Å²) in [5.74, 6) is -3.20. The molecule has 6 nitrogen and oxygen atoms in total. The van der Waals surface area contributed by atoms with Crippen molar-refractivity contribution in [3.8, 4) is 10.6 Å². The van der Waals surface area contributed by atoms with E-state index in [-0.39, 0.29) is 5.56 Å². The predicted molar refractivity (Wildman–Crippen MR) is 133 cm³/mol. The van der Waals surface area contributed by atoms with Gasteiger partial charge in [0.25, 0.3) is 0 Å². The fourth-order valence-electron chi connectivity index (χ4n) is 4.10. The topological polar surface area (TPSA) is 76.1 Å². The normalized spacial score (nSPS) is 17.9. The molecule has 2 N–H and O–H groups in total. The summed E-state index contributed by atoms with van der Waals surface area (Å²) in [4.78, 5) is 22.1. The van der Waals surface area contributed by atoms with Gasteiger partial charge in [-0.2, -0.15) is 0 Å². The van der Waals surface area contributed by atoms with Crippen molar-refractivity contribution in [1.82, 2.24) is 15.3 Å². The van der Waals surface area contributed by atoms with Crippen LogP contribution in [0.2, 0.25) is 0 Å². The molecule has 0 fully saturated rings. The van der Waals surface area contributed by atoms with Crippen LogP contribution >= 0.6 is 11.3 Å². The van der Waals surface area contributed by atoms with Crippen molar-refractivity contribution in [3.63, 3.8) is 0 Å². The van der Waals surface area contributed by atoms with Crippen molar-refractivity contribution < 1.29 is 22.7 Å². The second-order valence-corrected chi connectivity index (χ2v) is 10.5. The smallest absolute Gasteiger partial charge is 0.407 e. The number of aromatic nitrogens is 2. The second kappa shape index (κ2) is 10.7. The molecule has 0 radical (unpaired) electrons. The molecule has 3 aromatic rings. The Kier molecular flexibility index (Phi) is 7.63. The highest BCUT2D eigenvalue weighted by molar-refractivity contribution is 7.13. The number of carbonyl (C=O) groups excluding carboxylic acids is 1. The molecular formula is C26H27F3N4O2S. The van der Waals surface area contributed by atoms with Gasteiger partial charge in [-0.15, -0.1) is 11.3 Å². The number of hydrogen-bond donors (Lipinski definition) is 2. The molecule has 0 aliphatic heterocycles. The van der Waals surface area contributed by atoms with Crippen molar-refractivity contribution in [1.29, 1.82) is 0 Å². The molecule has 1 amide bonds. The molecule has 2 atom stereocenters. The first kappa shape index (κ1) is 25.7. The van der Waals surface area contributed by atoms with Gasteiger partial charge >= 0.3 is 6.09 Å². The van der Waals surface area contributed by atoms with E-state index in [0.717, 1.165) is 22.2 Å². The fraction of sp³-hybridized carbons (Fsp3) is 0.346. The maximum Gasteiger partial charge on any atom is 0.407 e. The van der Waals surface area contributed by atoms with Gasteiger partial charge in [-0.3, -0.25) is 0 Å². The van der Waals surface area contributed by atoms with E-state index in [2.05, 4.69) is 20.6 Å². The molecule has 1 aliphatic rings. The van der Waals surface area contributed by atoms with Crippen LogP contribution in [0.4, 0.5) is 23.8 Å². The second-order valence-electron chi connectivity index (χ2n) is 9.57. The molecule has 4 rings (SSSR count). The summed E-state index contributed by atoms with van der Waals surface area (Å²) in [6.45, 7) is 5.64. The van der Waals surface area contributed by atoms with Gasteiger partial charge in [-0.05, 0) is 56.7 Å². The number of rotatable bonds is 6. The predicted octanol–water partition coefficient (Wildman–Crippen LogP) is 6.43. The quantitative estimate of drug-likeness (QED) is 0.292. The maximum absolute atomic E-state index is 14.6. The molecule has 1 aliphatic carbocycles. The Balaban J connectivity index is 1.52. The molecule has 1 aromatic carbocycles. The fourth-order valence-corrected chi connectivity index (χ4v) is 4.80. The minimum absolute atomic E-state index is 0.00890. The third-order valence-electron chi connectivity index (χ3n) is 5.71. The first-order valence-corrected chi connectivity index (χ1v) is 12.4. The SMILES string of the molecule is CC(C)(C)OC(=O)NC1CC(CNc2cc(-c3cccs3)ncn2)=CCC1c1cc(F)c(F)cc1F. The lowest BCUT2D eigenvalue weighted by molar-refractivity contribution is 0.0494. The minimum Gasteiger partial charge on any atom is -0.444 e. The molecule has 2 unspecified atom stereocenters. The average Bonchev–Trinajstić information content (AvgIpc) is 3.35. The number of ether oxygens (including phenoxy) is 1. The first-order chi connectivity index (χ1) is 17.1. The zero-order chi connectivity index (χ0) is 25.9. The van der Waals surface area contributed by atoms with Gasteiger partial charge in [-0.1, -0.05) is 17.7 Å². The van der Waals surface area contributed by atoms with E-state index in [4.69, 9.17) is 4.74 Å². The largest absolute Gasteiger partial charge is 0.444 e. The van der Waals surface area contributed by atoms with E-state index in [9.17, 15) is 18.0 Å². The lowest BCUT2D eigenvalue weighted by Crippen LogP contribution is -2.44. The van der Waals surface area contributed by atoms with Crippen LogP contribution in [0.5, 0.6) is 0 Å². The Morgan fingerprint density at radius 3 is 2.64 bits per heavy atom. The van der Waals surface area contributed by atoms with E-state index in [1.807, 2.05) is 29.7 Å². The molecule has 0 saturated carbocycles. The van der Waals surface area contributed by atoms with Gasteiger partial charge in [0.05, 0.1) is 10.6 Å². The lowest BCUT2D eigenvalue weighted by Gasteiger charge is -2.33. The number of anilines is 1. The van der Waals surface area contributed by atoms with Crippen molar-refractivity contribution in [2.45, 2.75) is 51.2 Å². The van der Waals surface area contributed by atoms with Crippen LogP contribution in [0.25, 0.3) is 10.6 Å². The number of hydrogen-bond acceptors (Lipinski definition) is 6. The molecule has 0 bridgehead atoms. The number of thiophene rings is 1. The van der Waals surface area contributed by atoms with E-state index >= 15 is 0 Å². The molecule has 36 heavy (non-hydrogen) atoms. The highest BCUT2D eigenvalue weighted by atomic mass is 32.1. The number of carbonyl (C=O) groups is 1. The first-order valence-electron chi connectivity index (χ1n) is 11.5. The van der Waals surface area contributed by atoms with E-state index in [0.29, 0.717) is 31.3 Å². The van der Waals surface area contributed by atoms with Gasteiger partial charge in [0.1, 0.15) is 23.6 Å². The van der Waals surface area contributed by atoms with Crippen LogP contribution in [-0.4, -0.2) is 34.2 Å². The third kappa shape index (κ3) is 6.42. The zero-order valence-corrected chi connectivity index (χ0v) is 21.0. The van der Waals surface area contributed by atoms with Crippen LogP contribution in [-0.2, 0) is 4.74 Å². The molecule has 0 spiro atoms. The molecule has 2 aromatic heterocycles. The summed E-state index contributed by atoms with van der Waals surface area (Å²) in [7, 11) is 0. The van der Waals surface area contributed by atoms with Crippen LogP contribution in [0.3, 0.4) is 0 Å². The summed E-state index contributed by atoms with van der Waals surface area (Å²) in [5.41, 5.74) is 1.04. The number of nitrogens with one attached hydrogen (secondary N) is 2. The van der Waals surface area contributed by atoms with Crippen molar-refractivity contribution in [2.24, 2.45) is 0 Å². The third-order valence-corrected chi connectivity index (χ3v) is 6.60. The number of amides is 1. The van der Waals surface area contributed by atoms with Gasteiger partial charge in [0.2, 0.25) is 0 Å². The van der Waals surface area contributed by atoms with Crippen LogP contribution in [0.1, 0.15) is 45.1 Å². The molecule has 10 heteroatoms. The van der Waals surface area contributed by atoms with Crippen LogP contribution < -0.4 is 10.6 Å². The highest BCUT2D eigenvalue weighted by Gasteiger charge is 2.32. The maximum atomic E-state index is 14.6. The van der Waals surface area contributed by atoms with E-state index in [1.165, 1.54) is 6.33 Å². The number of halogens is 3. The van der Waals surface area contributed by atoms with Gasteiger partial charge < -0.3 is 15.4 Å². The summed E-state index contributed by atoms with van der Waals surface area (Å²) < 4.78 is 47.5. The van der Waals surface area contributed by atoms with Gasteiger partial charge in [-0.25, -0.2) is 27.9 Å². The molecular weight excluding hydrogens is 489 g/mol. The number of nitrogens with zero attached hydrogens (tertiary/aromatic N) is 2. The Morgan fingerprint density at radius 1 is 1.14 bits per heavy atom. The number of alkyl carbamates (subject to hydrolysis) is 1. The van der Waals surface area contributed by atoms with Gasteiger partial charge in [0, 0.05) is 30.6 Å². The average molecular weight is 517 g/mol. The standard InChI is InChI=1S/C26H27F3N4O2S/c1-26(2,3)35-25(34)33-21-9-15(6-7-16(21)17-10-19(28)20(29)11-18(17)27)13-30-24-12-22(31-14-32-24)23-5-4-8-36-23/h4-6,8,10-12,14,16,21H,7,9,13H2,1-3H3,(H,33,34)(H,30,31,32). The van der Waals surface area contributed by atoms with E-state index < -0.39 is 41.1 Å². The summed E-state index contributed by atoms with van der Waals surface area (Å²) in [6, 6.07) is 6.59. The summed E-state index contributed by atoms with van der Waals surface area (Å²) in [6.07, 6.45) is 3.43. The number of benzene rings is 1. The lowest BCUT2D eigenvalue weighted by atomic mass is 9.80. The summed E-state index contributed by atoms with van der Waals surface area (Å²) in [5, 5.41) is 8.05. The molecule has 190 valence electrons. The van der Waals surface area contributed by atoms with Crippen molar-refractivity contribution in [2.75, 3.05) is 11.9 Å². The van der Waals surface area contributed by atoms with E-state index in [1.54, 1.807) is 32.1 Å². The van der Waals surface area contributed by atoms with Gasteiger partial charge in [0.15, 0.2) is 11.6 Å². The highest BCUT2D eigenvalue weighted by Crippen LogP contribution is 2.35. The Morgan fingerprint density at radius 2 is 1.92 bits per heavy atom. The molecule has 2 heterocycles. The zero-order valence-electron chi connectivity index (χ0n) is 20.1.